The van der Waals surface area contributed by atoms with Crippen molar-refractivity contribution >= 4 is 51.8 Å². The average Bonchev–Trinajstić information content (AvgIpc) is 2.63. The minimum Gasteiger partial charge on any atom is -0.382 e. The predicted molar refractivity (Wildman–Crippen MR) is 126 cm³/mol. The Morgan fingerprint density at radius 2 is 1.93 bits per heavy atom. The second-order valence-corrected chi connectivity index (χ2v) is 7.11. The molecule has 9 heteroatoms. The lowest BCUT2D eigenvalue weighted by Crippen LogP contribution is -2.39. The van der Waals surface area contributed by atoms with Gasteiger partial charge in [-0.15, -0.1) is 24.0 Å². The maximum Gasteiger partial charge on any atom is 0.243 e. The number of guanidine groups is 1. The van der Waals surface area contributed by atoms with Crippen molar-refractivity contribution in [3.8, 4) is 0 Å². The molecule has 0 aliphatic heterocycles. The molecule has 6 nitrogen and oxygen atoms in total. The maximum absolute atomic E-state index is 13.8. The molecule has 0 bridgehead atoms. The van der Waals surface area contributed by atoms with Crippen molar-refractivity contribution in [1.29, 1.82) is 0 Å². The lowest BCUT2D eigenvalue weighted by atomic mass is 10.1. The molecule has 1 rings (SSSR count). The van der Waals surface area contributed by atoms with Gasteiger partial charge in [-0.1, -0.05) is 22.0 Å². The van der Waals surface area contributed by atoms with Crippen LogP contribution < -0.4 is 10.6 Å². The van der Waals surface area contributed by atoms with Crippen LogP contribution in [0.1, 0.15) is 25.3 Å². The molecule has 2 N–H and O–H groups in total. The molecule has 28 heavy (non-hydrogen) atoms. The van der Waals surface area contributed by atoms with E-state index in [1.165, 1.54) is 11.0 Å². The highest BCUT2D eigenvalue weighted by molar-refractivity contribution is 14.0. The van der Waals surface area contributed by atoms with Gasteiger partial charge in [-0.3, -0.25) is 4.79 Å². The Balaban J connectivity index is 0.00000729. The van der Waals surface area contributed by atoms with Gasteiger partial charge in [0, 0.05) is 44.9 Å². The quantitative estimate of drug-likeness (QED) is 0.185. The number of hydrogen-bond acceptors (Lipinski definition) is 3. The number of amides is 1. The standard InChI is InChI=1S/C19H30BrFN4O2.HI/c1-4-27-12-6-11-23-19(24-14-18(26)25(2)3)22-10-5-7-15-8-9-16(20)13-17(15)21;/h8-9,13H,4-7,10-12,14H2,1-3H3,(H2,22,23,24);1H. The smallest absolute Gasteiger partial charge is 0.243 e. The van der Waals surface area contributed by atoms with E-state index in [9.17, 15) is 9.18 Å². The van der Waals surface area contributed by atoms with Gasteiger partial charge in [-0.2, -0.15) is 0 Å². The van der Waals surface area contributed by atoms with Crippen LogP contribution >= 0.6 is 39.9 Å². The van der Waals surface area contributed by atoms with Crippen molar-refractivity contribution in [2.24, 2.45) is 4.99 Å². The molecule has 0 heterocycles. The van der Waals surface area contributed by atoms with E-state index in [0.717, 1.165) is 17.3 Å². The molecule has 0 aromatic heterocycles. The number of benzene rings is 1. The summed E-state index contributed by atoms with van der Waals surface area (Å²) in [5.41, 5.74) is 0.686. The van der Waals surface area contributed by atoms with Crippen LogP contribution in [0.4, 0.5) is 4.39 Å². The first-order chi connectivity index (χ1) is 12.9. The van der Waals surface area contributed by atoms with Crippen molar-refractivity contribution in [3.05, 3.63) is 34.1 Å². The molecular weight excluding hydrogens is 542 g/mol. The number of carbonyl (C=O) groups is 1. The van der Waals surface area contributed by atoms with Gasteiger partial charge in [0.15, 0.2) is 5.96 Å². The summed E-state index contributed by atoms with van der Waals surface area (Å²) in [5.74, 6) is 0.309. The topological polar surface area (TPSA) is 66.0 Å². The number of aliphatic imine (C=N–C) groups is 1. The second kappa shape index (κ2) is 15.9. The number of aryl methyl sites for hydroxylation is 1. The van der Waals surface area contributed by atoms with Gasteiger partial charge < -0.3 is 20.3 Å². The summed E-state index contributed by atoms with van der Waals surface area (Å²) < 4.78 is 19.9. The van der Waals surface area contributed by atoms with Gasteiger partial charge in [-0.05, 0) is 43.9 Å². The Hall–Kier alpha value is -0.940. The van der Waals surface area contributed by atoms with Gasteiger partial charge in [-0.25, -0.2) is 9.38 Å². The van der Waals surface area contributed by atoms with Crippen LogP contribution in [0, 0.1) is 5.82 Å². The Labute approximate surface area is 192 Å². The molecule has 0 saturated heterocycles. The van der Waals surface area contributed by atoms with E-state index in [1.807, 2.05) is 13.0 Å². The predicted octanol–water partition coefficient (Wildman–Crippen LogP) is 3.19. The first-order valence-corrected chi connectivity index (χ1v) is 9.97. The molecule has 1 amide bonds. The normalized spacial score (nSPS) is 11.0. The summed E-state index contributed by atoms with van der Waals surface area (Å²) in [6, 6.07) is 5.10. The van der Waals surface area contributed by atoms with Crippen molar-refractivity contribution in [1.82, 2.24) is 15.5 Å². The van der Waals surface area contributed by atoms with Gasteiger partial charge in [0.1, 0.15) is 12.4 Å². The Morgan fingerprint density at radius 1 is 1.25 bits per heavy atom. The monoisotopic (exact) mass is 572 g/mol. The van der Waals surface area contributed by atoms with E-state index in [-0.39, 0.29) is 42.2 Å². The van der Waals surface area contributed by atoms with E-state index in [1.54, 1.807) is 20.2 Å². The van der Waals surface area contributed by atoms with Crippen LogP contribution in [0.25, 0.3) is 0 Å². The van der Waals surface area contributed by atoms with E-state index >= 15 is 0 Å². The number of hydrogen-bond donors (Lipinski definition) is 2. The molecule has 0 fully saturated rings. The molecule has 0 radical (unpaired) electrons. The average molecular weight is 573 g/mol. The second-order valence-electron chi connectivity index (χ2n) is 6.20. The number of nitrogens with zero attached hydrogens (tertiary/aromatic N) is 2. The van der Waals surface area contributed by atoms with Crippen LogP contribution in [-0.2, 0) is 16.0 Å². The zero-order valence-corrected chi connectivity index (χ0v) is 20.7. The van der Waals surface area contributed by atoms with E-state index < -0.39 is 0 Å². The third-order valence-electron chi connectivity index (χ3n) is 3.76. The zero-order chi connectivity index (χ0) is 20.1. The van der Waals surface area contributed by atoms with Crippen molar-refractivity contribution < 1.29 is 13.9 Å². The molecule has 1 aromatic rings. The van der Waals surface area contributed by atoms with Crippen molar-refractivity contribution in [2.45, 2.75) is 26.2 Å². The SMILES string of the molecule is CCOCCCNC(=NCC(=O)N(C)C)NCCCc1ccc(Br)cc1F.I. The third kappa shape index (κ3) is 11.8. The summed E-state index contributed by atoms with van der Waals surface area (Å²) in [6.07, 6.45) is 2.22. The van der Waals surface area contributed by atoms with Gasteiger partial charge in [0.25, 0.3) is 0 Å². The van der Waals surface area contributed by atoms with Gasteiger partial charge >= 0.3 is 0 Å². The molecule has 0 aliphatic carbocycles. The fourth-order valence-corrected chi connectivity index (χ4v) is 2.53. The van der Waals surface area contributed by atoms with Crippen LogP contribution in [0.15, 0.2) is 27.7 Å². The number of halogens is 3. The number of nitrogens with one attached hydrogen (secondary N) is 2. The summed E-state index contributed by atoms with van der Waals surface area (Å²) in [6.45, 7) is 4.74. The Kier molecular flexibility index (Phi) is 15.4. The zero-order valence-electron chi connectivity index (χ0n) is 16.8. The number of rotatable bonds is 11. The van der Waals surface area contributed by atoms with Crippen molar-refractivity contribution in [3.63, 3.8) is 0 Å². The van der Waals surface area contributed by atoms with Gasteiger partial charge in [0.05, 0.1) is 0 Å². The highest BCUT2D eigenvalue weighted by Crippen LogP contribution is 2.16. The molecule has 0 atom stereocenters. The molecule has 0 spiro atoms. The minimum absolute atomic E-state index is 0. The minimum atomic E-state index is -0.205. The lowest BCUT2D eigenvalue weighted by Gasteiger charge is -2.14. The first kappa shape index (κ1) is 27.1. The summed E-state index contributed by atoms with van der Waals surface area (Å²) in [4.78, 5) is 17.6. The number of ether oxygens (including phenoxy) is 1. The molecular formula is C19H31BrFIN4O2. The highest BCUT2D eigenvalue weighted by Gasteiger charge is 2.06. The maximum atomic E-state index is 13.8. The van der Waals surface area contributed by atoms with Crippen molar-refractivity contribution in [2.75, 3.05) is 46.9 Å². The molecule has 0 unspecified atom stereocenters. The van der Waals surface area contributed by atoms with Crippen LogP contribution in [0.3, 0.4) is 0 Å². The fourth-order valence-electron chi connectivity index (χ4n) is 2.20. The number of likely N-dealkylation sites (N-methyl/N-ethyl adjacent to an activating group) is 1. The third-order valence-corrected chi connectivity index (χ3v) is 4.26. The fraction of sp³-hybridized carbons (Fsp3) is 0.579. The molecule has 0 aliphatic rings. The van der Waals surface area contributed by atoms with E-state index in [0.29, 0.717) is 44.2 Å². The van der Waals surface area contributed by atoms with E-state index in [4.69, 9.17) is 4.74 Å². The van der Waals surface area contributed by atoms with E-state index in [2.05, 4.69) is 31.6 Å². The summed E-state index contributed by atoms with van der Waals surface area (Å²) in [7, 11) is 3.40. The molecule has 1 aromatic carbocycles. The molecule has 160 valence electrons. The van der Waals surface area contributed by atoms with Gasteiger partial charge in [0.2, 0.25) is 5.91 Å². The first-order valence-electron chi connectivity index (χ1n) is 9.18. The Morgan fingerprint density at radius 3 is 2.54 bits per heavy atom. The molecule has 0 saturated carbocycles. The summed E-state index contributed by atoms with van der Waals surface area (Å²) in [5, 5.41) is 6.40. The van der Waals surface area contributed by atoms with Crippen LogP contribution in [-0.4, -0.2) is 63.7 Å². The summed E-state index contributed by atoms with van der Waals surface area (Å²) >= 11 is 3.26. The Bertz CT molecular complexity index is 618. The van der Waals surface area contributed by atoms with Crippen LogP contribution in [0.5, 0.6) is 0 Å². The largest absolute Gasteiger partial charge is 0.382 e. The highest BCUT2D eigenvalue weighted by atomic mass is 127. The van der Waals surface area contributed by atoms with Crippen LogP contribution in [0.2, 0.25) is 0 Å². The number of carbonyl (C=O) groups excluding carboxylic acids is 1. The lowest BCUT2D eigenvalue weighted by molar-refractivity contribution is -0.127.